The van der Waals surface area contributed by atoms with Gasteiger partial charge >= 0.3 is 6.36 Å². The van der Waals surface area contributed by atoms with Gasteiger partial charge in [-0.25, -0.2) is 4.37 Å². The number of hydrogen-bond donors (Lipinski definition) is 1. The van der Waals surface area contributed by atoms with Gasteiger partial charge in [0, 0.05) is 24.2 Å². The minimum atomic E-state index is -4.54. The van der Waals surface area contributed by atoms with Crippen molar-refractivity contribution in [2.75, 3.05) is 13.2 Å². The van der Waals surface area contributed by atoms with E-state index in [4.69, 9.17) is 0 Å². The van der Waals surface area contributed by atoms with Crippen molar-refractivity contribution in [1.82, 2.24) is 9.69 Å². The van der Waals surface area contributed by atoms with Gasteiger partial charge in [0.25, 0.3) is 0 Å². The molecule has 1 rings (SSSR count). The Kier molecular flexibility index (Phi) is 6.82. The second kappa shape index (κ2) is 7.00. The van der Waals surface area contributed by atoms with Gasteiger partial charge in [-0.3, -0.25) is 4.74 Å². The quantitative estimate of drug-likeness (QED) is 0.826. The first-order valence-corrected chi connectivity index (χ1v) is 4.66. The topological polar surface area (TPSA) is 34.1 Å². The molecule has 0 unspecified atom stereocenters. The van der Waals surface area contributed by atoms with Gasteiger partial charge in [-0.15, -0.1) is 25.6 Å². The van der Waals surface area contributed by atoms with Gasteiger partial charge in [-0.1, -0.05) is 0 Å². The fourth-order valence-corrected chi connectivity index (χ4v) is 1.33. The third kappa shape index (κ3) is 7.55. The maximum Gasteiger partial charge on any atom is 0.522 e. The van der Waals surface area contributed by atoms with Gasteiger partial charge in [0.2, 0.25) is 0 Å². The molecule has 1 aromatic heterocycles. The van der Waals surface area contributed by atoms with Crippen LogP contribution < -0.4 is 5.32 Å². The molecule has 1 N–H and O–H groups in total. The first kappa shape index (κ1) is 14.6. The molecule has 88 valence electrons. The van der Waals surface area contributed by atoms with Crippen LogP contribution in [0.3, 0.4) is 0 Å². The summed E-state index contributed by atoms with van der Waals surface area (Å²) < 4.78 is 41.9. The van der Waals surface area contributed by atoms with E-state index in [0.717, 1.165) is 4.88 Å². The Morgan fingerprint density at radius 2 is 2.20 bits per heavy atom. The van der Waals surface area contributed by atoms with Crippen molar-refractivity contribution in [3.05, 3.63) is 17.1 Å². The van der Waals surface area contributed by atoms with Crippen LogP contribution in [0.25, 0.3) is 0 Å². The van der Waals surface area contributed by atoms with Gasteiger partial charge in [0.05, 0.1) is 6.61 Å². The molecule has 0 bridgehead atoms. The third-order valence-electron chi connectivity index (χ3n) is 1.34. The summed E-state index contributed by atoms with van der Waals surface area (Å²) in [6.45, 7) is 0.311. The average Bonchev–Trinajstić information content (AvgIpc) is 2.54. The van der Waals surface area contributed by atoms with E-state index in [1.807, 2.05) is 6.07 Å². The van der Waals surface area contributed by atoms with E-state index in [1.165, 1.54) is 11.5 Å². The normalized spacial score (nSPS) is 11.1. The molecule has 0 radical (unpaired) electrons. The van der Waals surface area contributed by atoms with Crippen molar-refractivity contribution in [1.29, 1.82) is 0 Å². The van der Waals surface area contributed by atoms with E-state index in [9.17, 15) is 13.2 Å². The van der Waals surface area contributed by atoms with Crippen LogP contribution in [0, 0.1) is 0 Å². The van der Waals surface area contributed by atoms with Crippen LogP contribution in [0.15, 0.2) is 12.3 Å². The average molecular weight is 263 g/mol. The second-order valence-electron chi connectivity index (χ2n) is 2.45. The predicted octanol–water partition coefficient (Wildman–Crippen LogP) is 2.19. The fraction of sp³-hybridized carbons (Fsp3) is 0.571. The fourth-order valence-electron chi connectivity index (χ4n) is 0.784. The number of alkyl halides is 3. The molecule has 0 aliphatic carbocycles. The lowest BCUT2D eigenvalue weighted by Crippen LogP contribution is -2.23. The minimum Gasteiger partial charge on any atom is -0.310 e. The van der Waals surface area contributed by atoms with Crippen LogP contribution in [-0.2, 0) is 11.3 Å². The zero-order valence-electron chi connectivity index (χ0n) is 7.58. The van der Waals surface area contributed by atoms with Crippen LogP contribution in [0.2, 0.25) is 0 Å². The Balaban J connectivity index is 0.00000196. The van der Waals surface area contributed by atoms with Crippen LogP contribution in [-0.4, -0.2) is 23.9 Å². The van der Waals surface area contributed by atoms with Crippen molar-refractivity contribution in [2.45, 2.75) is 12.9 Å². The van der Waals surface area contributed by atoms with Gasteiger partial charge < -0.3 is 5.32 Å². The monoisotopic (exact) mass is 262 g/mol. The smallest absolute Gasteiger partial charge is 0.310 e. The summed E-state index contributed by atoms with van der Waals surface area (Å²) in [4.78, 5) is 0.983. The molecule has 0 fully saturated rings. The number of aromatic nitrogens is 1. The maximum atomic E-state index is 11.5. The highest BCUT2D eigenvalue weighted by atomic mass is 35.5. The van der Waals surface area contributed by atoms with Gasteiger partial charge in [-0.2, -0.15) is 0 Å². The van der Waals surface area contributed by atoms with E-state index in [-0.39, 0.29) is 25.6 Å². The Bertz CT molecular complexity index is 255. The van der Waals surface area contributed by atoms with E-state index in [1.54, 1.807) is 6.20 Å². The molecule has 0 aromatic carbocycles. The SMILES string of the molecule is Cl.FC(F)(F)OCCNCc1ccns1. The first-order valence-electron chi connectivity index (χ1n) is 3.89. The van der Waals surface area contributed by atoms with Gasteiger partial charge in [-0.05, 0) is 17.6 Å². The Hall–Kier alpha value is -0.370. The Labute approximate surface area is 95.2 Å². The first-order chi connectivity index (χ1) is 6.58. The van der Waals surface area contributed by atoms with E-state index < -0.39 is 6.36 Å². The lowest BCUT2D eigenvalue weighted by atomic mass is 10.5. The van der Waals surface area contributed by atoms with Gasteiger partial charge in [0.15, 0.2) is 0 Å². The number of halogens is 4. The van der Waals surface area contributed by atoms with Crippen LogP contribution in [0.5, 0.6) is 0 Å². The van der Waals surface area contributed by atoms with Crippen molar-refractivity contribution in [2.24, 2.45) is 0 Å². The molecule has 0 spiro atoms. The zero-order valence-corrected chi connectivity index (χ0v) is 9.21. The van der Waals surface area contributed by atoms with E-state index >= 15 is 0 Å². The molecular weight excluding hydrogens is 253 g/mol. The molecule has 8 heteroatoms. The second-order valence-corrected chi connectivity index (χ2v) is 3.37. The Morgan fingerprint density at radius 1 is 1.47 bits per heavy atom. The van der Waals surface area contributed by atoms with Crippen molar-refractivity contribution < 1.29 is 17.9 Å². The summed E-state index contributed by atoms with van der Waals surface area (Å²) in [5, 5.41) is 2.81. The molecule has 0 amide bonds. The number of ether oxygens (including phenoxy) is 1. The molecular formula is C7H10ClF3N2OS. The highest BCUT2D eigenvalue weighted by molar-refractivity contribution is 7.05. The lowest BCUT2D eigenvalue weighted by molar-refractivity contribution is -0.323. The summed E-state index contributed by atoms with van der Waals surface area (Å²) in [5.41, 5.74) is 0. The van der Waals surface area contributed by atoms with Crippen molar-refractivity contribution in [3.8, 4) is 0 Å². The summed E-state index contributed by atoms with van der Waals surface area (Å²) in [6, 6.07) is 1.81. The van der Waals surface area contributed by atoms with E-state index in [0.29, 0.717) is 6.54 Å². The Morgan fingerprint density at radius 3 is 2.73 bits per heavy atom. The summed E-state index contributed by atoms with van der Waals surface area (Å²) in [7, 11) is 0. The number of nitrogens with one attached hydrogen (secondary N) is 1. The third-order valence-corrected chi connectivity index (χ3v) is 2.08. The predicted molar refractivity (Wildman–Crippen MR) is 53.1 cm³/mol. The van der Waals surface area contributed by atoms with E-state index in [2.05, 4.69) is 14.4 Å². The van der Waals surface area contributed by atoms with Crippen LogP contribution in [0.4, 0.5) is 13.2 Å². The van der Waals surface area contributed by atoms with Crippen LogP contribution in [0.1, 0.15) is 4.88 Å². The zero-order chi connectivity index (χ0) is 10.4. The molecule has 15 heavy (non-hydrogen) atoms. The standard InChI is InChI=1S/C7H9F3N2OS.ClH/c8-7(9,10)13-4-3-11-5-6-1-2-12-14-6;/h1-2,11H,3-5H2;1H. The summed E-state index contributed by atoms with van der Waals surface area (Å²) >= 11 is 1.31. The highest BCUT2D eigenvalue weighted by Gasteiger charge is 2.28. The summed E-state index contributed by atoms with van der Waals surface area (Å²) in [5.74, 6) is 0. The largest absolute Gasteiger partial charge is 0.522 e. The molecule has 0 aliphatic heterocycles. The molecule has 1 heterocycles. The number of hydrogen-bond acceptors (Lipinski definition) is 4. The molecule has 3 nitrogen and oxygen atoms in total. The molecule has 0 atom stereocenters. The molecule has 0 saturated heterocycles. The molecule has 1 aromatic rings. The van der Waals surface area contributed by atoms with Crippen molar-refractivity contribution in [3.63, 3.8) is 0 Å². The maximum absolute atomic E-state index is 11.5. The minimum absolute atomic E-state index is 0. The number of rotatable bonds is 5. The lowest BCUT2D eigenvalue weighted by Gasteiger charge is -2.07. The van der Waals surface area contributed by atoms with Gasteiger partial charge in [0.1, 0.15) is 0 Å². The molecule has 0 aliphatic rings. The highest BCUT2D eigenvalue weighted by Crippen LogP contribution is 2.15. The van der Waals surface area contributed by atoms with Crippen LogP contribution >= 0.6 is 23.9 Å². The molecule has 0 saturated carbocycles. The summed E-state index contributed by atoms with van der Waals surface area (Å²) in [6.07, 6.45) is -2.89. The number of nitrogens with zero attached hydrogens (tertiary/aromatic N) is 1. The van der Waals surface area contributed by atoms with Crippen molar-refractivity contribution >= 4 is 23.9 Å².